The number of hydrazine groups is 1. The van der Waals surface area contributed by atoms with Crippen molar-refractivity contribution in [3.8, 4) is 5.75 Å². The Balaban J connectivity index is 1.75. The molecule has 128 valence electrons. The molecular formula is C16H16N6O2S. The Hall–Kier alpha value is -3.20. The molecule has 0 aliphatic rings. The number of anilines is 1. The number of carbonyl (C=O) groups excluding carboxylic acids is 1. The molecule has 1 aromatic heterocycles. The van der Waals surface area contributed by atoms with Crippen LogP contribution in [0.15, 0.2) is 48.5 Å². The predicted molar refractivity (Wildman–Crippen MR) is 97.9 cm³/mol. The van der Waals surface area contributed by atoms with Crippen LogP contribution in [0.5, 0.6) is 5.75 Å². The van der Waals surface area contributed by atoms with Gasteiger partial charge in [0.1, 0.15) is 17.8 Å². The van der Waals surface area contributed by atoms with Crippen molar-refractivity contribution >= 4 is 40.0 Å². The van der Waals surface area contributed by atoms with Gasteiger partial charge in [-0.25, -0.2) is 9.69 Å². The number of nitrogens with two attached hydrogens (primary N) is 1. The lowest BCUT2D eigenvalue weighted by molar-refractivity contribution is -0.121. The highest BCUT2D eigenvalue weighted by Gasteiger charge is 2.15. The molecular weight excluding hydrogens is 340 g/mol. The van der Waals surface area contributed by atoms with E-state index in [1.165, 1.54) is 9.69 Å². The fourth-order valence-electron chi connectivity index (χ4n) is 2.31. The van der Waals surface area contributed by atoms with Crippen LogP contribution in [0.3, 0.4) is 0 Å². The van der Waals surface area contributed by atoms with Crippen LogP contribution in [0.1, 0.15) is 0 Å². The van der Waals surface area contributed by atoms with Crippen LogP contribution in [-0.2, 0) is 11.3 Å². The lowest BCUT2D eigenvalue weighted by Crippen LogP contribution is -2.50. The van der Waals surface area contributed by atoms with E-state index in [1.54, 1.807) is 31.4 Å². The van der Waals surface area contributed by atoms with Gasteiger partial charge in [0.25, 0.3) is 5.91 Å². The Bertz CT molecular complexity index is 908. The van der Waals surface area contributed by atoms with Crippen LogP contribution in [0.25, 0.3) is 11.0 Å². The number of para-hydroxylation sites is 1. The van der Waals surface area contributed by atoms with E-state index in [1.807, 2.05) is 24.3 Å². The topological polar surface area (TPSA) is 98.3 Å². The molecule has 0 radical (unpaired) electrons. The molecule has 0 bridgehead atoms. The van der Waals surface area contributed by atoms with E-state index < -0.39 is 0 Å². The highest BCUT2D eigenvalue weighted by Crippen LogP contribution is 2.18. The van der Waals surface area contributed by atoms with E-state index in [4.69, 9.17) is 22.7 Å². The number of nitrogens with one attached hydrogen (secondary N) is 1. The minimum absolute atomic E-state index is 0.0157. The highest BCUT2D eigenvalue weighted by molar-refractivity contribution is 7.80. The summed E-state index contributed by atoms with van der Waals surface area (Å²) in [6, 6.07) is 14.4. The minimum Gasteiger partial charge on any atom is -0.497 e. The first-order chi connectivity index (χ1) is 12.1. The molecule has 3 rings (SSSR count). The standard InChI is InChI=1S/C16H16N6O2S/c1-24-12-8-6-11(7-9-12)22(16(17)25)19-15(23)10-21-14-5-3-2-4-13(14)18-20-21/h2-9H,10H2,1H3,(H2,17,25)(H,19,23). The van der Waals surface area contributed by atoms with Crippen LogP contribution < -0.4 is 20.9 Å². The van der Waals surface area contributed by atoms with E-state index in [0.717, 1.165) is 11.0 Å². The van der Waals surface area contributed by atoms with E-state index in [2.05, 4.69) is 15.7 Å². The number of fused-ring (bicyclic) bond motifs is 1. The van der Waals surface area contributed by atoms with Crippen molar-refractivity contribution in [2.75, 3.05) is 12.1 Å². The number of rotatable bonds is 4. The van der Waals surface area contributed by atoms with Crippen molar-refractivity contribution in [1.82, 2.24) is 20.4 Å². The van der Waals surface area contributed by atoms with Crippen molar-refractivity contribution in [3.05, 3.63) is 48.5 Å². The Kier molecular flexibility index (Phi) is 4.75. The van der Waals surface area contributed by atoms with Gasteiger partial charge in [-0.2, -0.15) is 0 Å². The van der Waals surface area contributed by atoms with Gasteiger partial charge in [-0.15, -0.1) is 5.10 Å². The molecule has 3 aromatic rings. The number of ether oxygens (including phenoxy) is 1. The summed E-state index contributed by atoms with van der Waals surface area (Å²) in [7, 11) is 1.57. The normalized spacial score (nSPS) is 10.4. The molecule has 0 aliphatic carbocycles. The summed E-state index contributed by atoms with van der Waals surface area (Å²) < 4.78 is 6.62. The molecule has 25 heavy (non-hydrogen) atoms. The van der Waals surface area contributed by atoms with Crippen LogP contribution in [0.2, 0.25) is 0 Å². The summed E-state index contributed by atoms with van der Waals surface area (Å²) in [5, 5.41) is 9.35. The molecule has 0 saturated carbocycles. The molecule has 8 nitrogen and oxygen atoms in total. The molecule has 2 aromatic carbocycles. The summed E-state index contributed by atoms with van der Waals surface area (Å²) in [4.78, 5) is 12.4. The number of amides is 1. The third-order valence-corrected chi connectivity index (χ3v) is 3.68. The Morgan fingerprint density at radius 3 is 2.68 bits per heavy atom. The zero-order valence-corrected chi connectivity index (χ0v) is 14.2. The van der Waals surface area contributed by atoms with Crippen molar-refractivity contribution in [1.29, 1.82) is 0 Å². The van der Waals surface area contributed by atoms with Crippen molar-refractivity contribution in [2.45, 2.75) is 6.54 Å². The molecule has 1 heterocycles. The van der Waals surface area contributed by atoms with Gasteiger partial charge in [0.05, 0.1) is 18.3 Å². The molecule has 3 N–H and O–H groups in total. The molecule has 0 aliphatic heterocycles. The van der Waals surface area contributed by atoms with Gasteiger partial charge in [-0.05, 0) is 48.6 Å². The van der Waals surface area contributed by atoms with Gasteiger partial charge in [0.15, 0.2) is 5.11 Å². The fourth-order valence-corrected chi connectivity index (χ4v) is 2.46. The number of hydrogen-bond acceptors (Lipinski definition) is 5. The highest BCUT2D eigenvalue weighted by atomic mass is 32.1. The second kappa shape index (κ2) is 7.14. The summed E-state index contributed by atoms with van der Waals surface area (Å²) in [5.41, 5.74) is 10.5. The fraction of sp³-hybridized carbons (Fsp3) is 0.125. The van der Waals surface area contributed by atoms with Crippen LogP contribution in [0.4, 0.5) is 5.69 Å². The lowest BCUT2D eigenvalue weighted by atomic mass is 10.3. The summed E-state index contributed by atoms with van der Waals surface area (Å²) in [5.74, 6) is 0.353. The average Bonchev–Trinajstić information content (AvgIpc) is 3.03. The second-order valence-corrected chi connectivity index (χ2v) is 5.56. The quantitative estimate of drug-likeness (QED) is 0.536. The number of benzene rings is 2. The number of hydrogen-bond donors (Lipinski definition) is 2. The molecule has 0 spiro atoms. The smallest absolute Gasteiger partial charge is 0.260 e. The zero-order chi connectivity index (χ0) is 17.8. The number of methoxy groups -OCH3 is 1. The largest absolute Gasteiger partial charge is 0.497 e. The van der Waals surface area contributed by atoms with E-state index in [0.29, 0.717) is 11.4 Å². The summed E-state index contributed by atoms with van der Waals surface area (Å²) >= 11 is 5.03. The van der Waals surface area contributed by atoms with Gasteiger partial charge in [-0.1, -0.05) is 17.3 Å². The van der Waals surface area contributed by atoms with Crippen molar-refractivity contribution in [2.24, 2.45) is 5.73 Å². The lowest BCUT2D eigenvalue weighted by Gasteiger charge is -2.23. The zero-order valence-electron chi connectivity index (χ0n) is 13.4. The molecule has 9 heteroatoms. The second-order valence-electron chi connectivity index (χ2n) is 5.14. The van der Waals surface area contributed by atoms with Crippen molar-refractivity contribution < 1.29 is 9.53 Å². The summed E-state index contributed by atoms with van der Waals surface area (Å²) in [6.45, 7) is -0.0181. The third kappa shape index (κ3) is 3.66. The maximum absolute atomic E-state index is 12.4. The maximum Gasteiger partial charge on any atom is 0.260 e. The monoisotopic (exact) mass is 356 g/mol. The Labute approximate surface area is 149 Å². The molecule has 0 fully saturated rings. The number of thiocarbonyl (C=S) groups is 1. The summed E-state index contributed by atoms with van der Waals surface area (Å²) in [6.07, 6.45) is 0. The van der Waals surface area contributed by atoms with Crippen LogP contribution >= 0.6 is 12.2 Å². The van der Waals surface area contributed by atoms with Crippen LogP contribution in [-0.4, -0.2) is 33.1 Å². The van der Waals surface area contributed by atoms with Gasteiger partial charge in [-0.3, -0.25) is 10.2 Å². The molecule has 1 amide bonds. The first-order valence-electron chi connectivity index (χ1n) is 7.40. The molecule has 0 saturated heterocycles. The minimum atomic E-state index is -0.334. The number of carbonyl (C=O) groups is 1. The Morgan fingerprint density at radius 1 is 1.28 bits per heavy atom. The molecule has 0 unspecified atom stereocenters. The van der Waals surface area contributed by atoms with Crippen LogP contribution in [0, 0.1) is 0 Å². The van der Waals surface area contributed by atoms with Gasteiger partial charge in [0.2, 0.25) is 0 Å². The van der Waals surface area contributed by atoms with Gasteiger partial charge < -0.3 is 10.5 Å². The van der Waals surface area contributed by atoms with E-state index >= 15 is 0 Å². The van der Waals surface area contributed by atoms with E-state index in [9.17, 15) is 4.79 Å². The first-order valence-corrected chi connectivity index (χ1v) is 7.80. The molecule has 0 atom stereocenters. The third-order valence-electron chi connectivity index (χ3n) is 3.50. The van der Waals surface area contributed by atoms with Gasteiger partial charge >= 0.3 is 0 Å². The SMILES string of the molecule is COc1ccc(N(NC(=O)Cn2nnc3ccccc32)C(N)=S)cc1. The first kappa shape index (κ1) is 16.7. The number of nitrogens with zero attached hydrogens (tertiary/aromatic N) is 4. The van der Waals surface area contributed by atoms with E-state index in [-0.39, 0.29) is 17.6 Å². The maximum atomic E-state index is 12.4. The number of aromatic nitrogens is 3. The average molecular weight is 356 g/mol. The Morgan fingerprint density at radius 2 is 2.00 bits per heavy atom. The predicted octanol–water partition coefficient (Wildman–Crippen LogP) is 1.22. The van der Waals surface area contributed by atoms with Crippen molar-refractivity contribution in [3.63, 3.8) is 0 Å². The van der Waals surface area contributed by atoms with Gasteiger partial charge in [0, 0.05) is 0 Å².